The third-order valence-electron chi connectivity index (χ3n) is 15.5. The van der Waals surface area contributed by atoms with Gasteiger partial charge in [0.15, 0.2) is 0 Å². The van der Waals surface area contributed by atoms with Crippen molar-refractivity contribution in [2.45, 2.75) is 86.6 Å². The minimum absolute atomic E-state index is 0.0254. The molecule has 0 fully saturated rings. The number of nitrogens with one attached hydrogen (secondary N) is 6. The van der Waals surface area contributed by atoms with Gasteiger partial charge in [-0.05, 0) is 149 Å². The molecule has 7 aliphatic rings. The molecule has 7 aliphatic carbocycles. The Morgan fingerprint density at radius 3 is 1.98 bits per heavy atom. The molecule has 7 atom stereocenters. The van der Waals surface area contributed by atoms with Crippen molar-refractivity contribution in [2.24, 2.45) is 0 Å². The van der Waals surface area contributed by atoms with Crippen LogP contribution in [0.2, 0.25) is 0 Å². The molecule has 0 heterocycles. The summed E-state index contributed by atoms with van der Waals surface area (Å²) in [4.78, 5) is 0. The average Bonchev–Trinajstić information content (AvgIpc) is 3.93. The lowest BCUT2D eigenvalue weighted by atomic mass is 9.69. The van der Waals surface area contributed by atoms with Crippen LogP contribution in [0.15, 0.2) is 6.07 Å². The highest BCUT2D eigenvalue weighted by Crippen LogP contribution is 2.65. The molecule has 7 unspecified atom stereocenters. The van der Waals surface area contributed by atoms with E-state index in [4.69, 9.17) is 0 Å². The van der Waals surface area contributed by atoms with Crippen LogP contribution >= 0.6 is 0 Å². The topological polar surface area (TPSA) is 173 Å². The van der Waals surface area contributed by atoms with Crippen LogP contribution in [-0.4, -0.2) is 110 Å². The molecule has 5 aromatic rings. The first-order valence-electron chi connectivity index (χ1n) is 21.4. The highest BCUT2D eigenvalue weighted by Gasteiger charge is 2.59. The second-order valence-corrected chi connectivity index (χ2v) is 17.8. The molecule has 11 heteroatoms. The van der Waals surface area contributed by atoms with Crippen molar-refractivity contribution in [3.05, 3.63) is 49.5 Å². The normalized spacial score (nSPS) is 30.0. The Bertz CT molecular complexity index is 2680. The fourth-order valence-corrected chi connectivity index (χ4v) is 14.3. The van der Waals surface area contributed by atoms with Crippen molar-refractivity contribution >= 4 is 59.8 Å². The maximum Gasteiger partial charge on any atom is 0.0683 e. The lowest BCUT2D eigenvalue weighted by Gasteiger charge is -2.46. The van der Waals surface area contributed by atoms with E-state index in [0.717, 1.165) is 45.1 Å². The van der Waals surface area contributed by atoms with E-state index in [2.05, 4.69) is 44.9 Å². The molecule has 0 saturated carbocycles. The largest absolute Gasteiger partial charge is 0.395 e. The van der Waals surface area contributed by atoms with Crippen LogP contribution in [-0.2, 0) is 11.1 Å². The summed E-state index contributed by atoms with van der Waals surface area (Å²) in [6.07, 6.45) is 5.72. The zero-order valence-corrected chi connectivity index (χ0v) is 32.2. The molecular weight excluding hydrogens is 705 g/mol. The molecule has 56 heavy (non-hydrogen) atoms. The van der Waals surface area contributed by atoms with Gasteiger partial charge in [-0.15, -0.1) is 0 Å². The Labute approximate surface area is 324 Å². The quantitative estimate of drug-likeness (QED) is 0.0526. The summed E-state index contributed by atoms with van der Waals surface area (Å²) in [6, 6.07) is 2.18. The molecule has 12 rings (SSSR count). The van der Waals surface area contributed by atoms with Gasteiger partial charge in [0.25, 0.3) is 0 Å². The Hall–Kier alpha value is -3.04. The van der Waals surface area contributed by atoms with Crippen molar-refractivity contribution in [1.82, 2.24) is 31.9 Å². The van der Waals surface area contributed by atoms with Crippen molar-refractivity contribution in [3.8, 4) is 0 Å². The van der Waals surface area contributed by atoms with Crippen LogP contribution in [0.5, 0.6) is 0 Å². The summed E-state index contributed by atoms with van der Waals surface area (Å²) in [6.45, 7) is 5.76. The van der Waals surface area contributed by atoms with Gasteiger partial charge in [0.1, 0.15) is 0 Å². The van der Waals surface area contributed by atoms with E-state index in [0.29, 0.717) is 38.6 Å². The van der Waals surface area contributed by atoms with Gasteiger partial charge in [0, 0.05) is 38.8 Å². The molecule has 0 aromatic heterocycles. The lowest BCUT2D eigenvalue weighted by molar-refractivity contribution is 0.203. The predicted octanol–water partition coefficient (Wildman–Crippen LogP) is -0.406. The third-order valence-corrected chi connectivity index (χ3v) is 15.5. The molecule has 0 aliphatic heterocycles. The molecule has 0 amide bonds. The van der Waals surface area contributed by atoms with E-state index in [9.17, 15) is 25.5 Å². The molecule has 0 saturated heterocycles. The fourth-order valence-electron chi connectivity index (χ4n) is 14.3. The minimum Gasteiger partial charge on any atom is -0.395 e. The molecule has 11 nitrogen and oxygen atoms in total. The van der Waals surface area contributed by atoms with Gasteiger partial charge in [-0.1, -0.05) is 18.6 Å². The Balaban J connectivity index is 1.34. The van der Waals surface area contributed by atoms with Gasteiger partial charge >= 0.3 is 0 Å². The van der Waals surface area contributed by atoms with Gasteiger partial charge in [-0.25, -0.2) is 0 Å². The van der Waals surface area contributed by atoms with Crippen LogP contribution in [0.25, 0.3) is 59.8 Å². The highest BCUT2D eigenvalue weighted by molar-refractivity contribution is 6.39. The molecule has 0 bridgehead atoms. The zero-order valence-electron chi connectivity index (χ0n) is 32.2. The van der Waals surface area contributed by atoms with Gasteiger partial charge in [0.2, 0.25) is 0 Å². The lowest BCUT2D eigenvalue weighted by Crippen LogP contribution is -2.61. The highest BCUT2D eigenvalue weighted by atomic mass is 16.3. The van der Waals surface area contributed by atoms with Gasteiger partial charge in [0.05, 0.1) is 62.2 Å². The van der Waals surface area contributed by atoms with Crippen molar-refractivity contribution in [3.63, 3.8) is 0 Å². The van der Waals surface area contributed by atoms with Crippen LogP contribution in [0, 0.1) is 0 Å². The van der Waals surface area contributed by atoms with Crippen LogP contribution < -0.4 is 47.6 Å². The number of rotatable bonds is 18. The van der Waals surface area contributed by atoms with Crippen molar-refractivity contribution in [1.29, 1.82) is 0 Å². The van der Waals surface area contributed by atoms with Crippen LogP contribution in [0.1, 0.15) is 91.3 Å². The maximum absolute atomic E-state index is 10.4. The SMILES string of the molecule is CCCNC12CC3CC4=c5c6c(cc7c8c9c%10c%11c(c%12c1c3c5c(c86)c%12%10)=C(CCC=%11CC9(NCCO)C7NCCO)C2NCCO)C(NCCO)C4NCCO. The standard InChI is InChI=1S/C45H54N6O5/c1-2-5-50-45-19-21-16-23-29-30-24(41(47-7-12-53)40(23)46-6-11-52)17-25-31-33(30)34-32(29)27(21)38(45)37-28-22(42(45)48-8-13-54)4-3-20-18-44(51-10-15-56,43(25)49-9-14-55)39(31)36(26(20)28)35(34)37/h17,21,40-43,46-56H,2-16,18-19H2,1H3. The summed E-state index contributed by atoms with van der Waals surface area (Å²) in [7, 11) is 0. The van der Waals surface area contributed by atoms with E-state index < -0.39 is 5.54 Å². The molecule has 5 aromatic carbocycles. The molecule has 0 spiro atoms. The number of benzene rings is 3. The van der Waals surface area contributed by atoms with E-state index >= 15 is 0 Å². The second kappa shape index (κ2) is 12.2. The number of hydrogen-bond acceptors (Lipinski definition) is 11. The first-order chi connectivity index (χ1) is 27.5. The van der Waals surface area contributed by atoms with E-state index in [-0.39, 0.29) is 62.7 Å². The molecule has 294 valence electrons. The number of aliphatic hydroxyl groups excluding tert-OH is 5. The second-order valence-electron chi connectivity index (χ2n) is 17.8. The third kappa shape index (κ3) is 3.84. The Morgan fingerprint density at radius 1 is 0.571 bits per heavy atom. The summed E-state index contributed by atoms with van der Waals surface area (Å²) in [5.41, 5.74) is 10.5. The van der Waals surface area contributed by atoms with Crippen LogP contribution in [0.4, 0.5) is 0 Å². The molecule has 0 radical (unpaired) electrons. The fraction of sp³-hybridized carbons (Fsp3) is 0.556. The summed E-state index contributed by atoms with van der Waals surface area (Å²) in [5.74, 6) is 0.306. The van der Waals surface area contributed by atoms with E-state index in [1.54, 1.807) is 0 Å². The smallest absolute Gasteiger partial charge is 0.0683 e. The summed E-state index contributed by atoms with van der Waals surface area (Å²) in [5, 5.41) is 90.9. The molecule has 11 N–H and O–H groups in total. The maximum atomic E-state index is 10.4. The number of hydrogen-bond donors (Lipinski definition) is 11. The van der Waals surface area contributed by atoms with E-state index in [1.165, 1.54) is 103 Å². The summed E-state index contributed by atoms with van der Waals surface area (Å²) < 4.78 is 0. The monoisotopic (exact) mass is 758 g/mol. The van der Waals surface area contributed by atoms with Crippen molar-refractivity contribution < 1.29 is 25.5 Å². The summed E-state index contributed by atoms with van der Waals surface area (Å²) >= 11 is 0. The Morgan fingerprint density at radius 2 is 1.23 bits per heavy atom. The van der Waals surface area contributed by atoms with Crippen LogP contribution in [0.3, 0.4) is 0 Å². The first-order valence-corrected chi connectivity index (χ1v) is 21.4. The first kappa shape index (κ1) is 35.0. The molecular formula is C45H54N6O5. The van der Waals surface area contributed by atoms with Gasteiger partial charge < -0.3 is 57.4 Å². The minimum atomic E-state index is -0.517. The Kier molecular flexibility index (Phi) is 7.64. The average molecular weight is 759 g/mol. The predicted molar refractivity (Wildman–Crippen MR) is 220 cm³/mol. The van der Waals surface area contributed by atoms with Crippen molar-refractivity contribution in [2.75, 3.05) is 72.3 Å². The number of aliphatic hydroxyl groups is 5. The van der Waals surface area contributed by atoms with Gasteiger partial charge in [-0.2, -0.15) is 0 Å². The van der Waals surface area contributed by atoms with Gasteiger partial charge in [-0.3, -0.25) is 0 Å². The zero-order chi connectivity index (χ0) is 37.8. The van der Waals surface area contributed by atoms with E-state index in [1.807, 2.05) is 0 Å².